The van der Waals surface area contributed by atoms with Gasteiger partial charge < -0.3 is 10.1 Å². The van der Waals surface area contributed by atoms with Gasteiger partial charge in [0.2, 0.25) is 0 Å². The van der Waals surface area contributed by atoms with Crippen molar-refractivity contribution in [2.45, 2.75) is 18.9 Å². The Bertz CT molecular complexity index is 257. The molecule has 2 unspecified atom stereocenters. The minimum atomic E-state index is 0.517. The monoisotopic (exact) mass is 212 g/mol. The van der Waals surface area contributed by atoms with Crippen LogP contribution in [-0.2, 0) is 11.2 Å². The van der Waals surface area contributed by atoms with Crippen molar-refractivity contribution in [3.8, 4) is 0 Å². The van der Waals surface area contributed by atoms with Crippen LogP contribution in [0.4, 0.5) is 0 Å². The molecule has 1 saturated heterocycles. The SMILES string of the molecule is CNC(Cc1nccs1)C1CCOC1. The number of hydrogen-bond acceptors (Lipinski definition) is 4. The van der Waals surface area contributed by atoms with Crippen molar-refractivity contribution in [2.24, 2.45) is 5.92 Å². The predicted molar refractivity (Wildman–Crippen MR) is 57.6 cm³/mol. The van der Waals surface area contributed by atoms with E-state index in [1.807, 2.05) is 18.6 Å². The van der Waals surface area contributed by atoms with Gasteiger partial charge in [-0.25, -0.2) is 4.98 Å². The molecular weight excluding hydrogens is 196 g/mol. The third kappa shape index (κ3) is 2.32. The molecule has 0 amide bonds. The Labute approximate surface area is 88.5 Å². The average molecular weight is 212 g/mol. The second-order valence-electron chi connectivity index (χ2n) is 3.65. The van der Waals surface area contributed by atoms with E-state index >= 15 is 0 Å². The second-order valence-corrected chi connectivity index (χ2v) is 4.63. The van der Waals surface area contributed by atoms with E-state index in [-0.39, 0.29) is 0 Å². The zero-order valence-electron chi connectivity index (χ0n) is 8.40. The van der Waals surface area contributed by atoms with Gasteiger partial charge in [0.1, 0.15) is 0 Å². The molecule has 78 valence electrons. The molecular formula is C10H16N2OS. The summed E-state index contributed by atoms with van der Waals surface area (Å²) in [5.74, 6) is 0.656. The highest BCUT2D eigenvalue weighted by Crippen LogP contribution is 2.20. The molecule has 1 aromatic rings. The molecule has 4 heteroatoms. The van der Waals surface area contributed by atoms with E-state index in [1.54, 1.807) is 11.3 Å². The molecule has 1 N–H and O–H groups in total. The van der Waals surface area contributed by atoms with Crippen molar-refractivity contribution in [1.82, 2.24) is 10.3 Å². The number of nitrogens with zero attached hydrogens (tertiary/aromatic N) is 1. The maximum Gasteiger partial charge on any atom is 0.0940 e. The van der Waals surface area contributed by atoms with Gasteiger partial charge in [-0.3, -0.25) is 0 Å². The molecule has 1 aliphatic rings. The van der Waals surface area contributed by atoms with Crippen molar-refractivity contribution >= 4 is 11.3 Å². The Balaban J connectivity index is 1.92. The molecule has 1 aromatic heterocycles. The van der Waals surface area contributed by atoms with E-state index in [2.05, 4.69) is 10.3 Å². The highest BCUT2D eigenvalue weighted by Gasteiger charge is 2.25. The van der Waals surface area contributed by atoms with Crippen LogP contribution in [0.5, 0.6) is 0 Å². The van der Waals surface area contributed by atoms with Gasteiger partial charge in [0, 0.05) is 36.6 Å². The van der Waals surface area contributed by atoms with E-state index in [9.17, 15) is 0 Å². The highest BCUT2D eigenvalue weighted by molar-refractivity contribution is 7.09. The average Bonchev–Trinajstić information content (AvgIpc) is 2.86. The molecule has 0 aliphatic carbocycles. The molecule has 2 rings (SSSR count). The van der Waals surface area contributed by atoms with Crippen molar-refractivity contribution in [3.63, 3.8) is 0 Å². The summed E-state index contributed by atoms with van der Waals surface area (Å²) in [5.41, 5.74) is 0. The summed E-state index contributed by atoms with van der Waals surface area (Å²) in [4.78, 5) is 4.31. The summed E-state index contributed by atoms with van der Waals surface area (Å²) in [7, 11) is 2.02. The van der Waals surface area contributed by atoms with E-state index in [0.717, 1.165) is 19.6 Å². The van der Waals surface area contributed by atoms with Crippen molar-refractivity contribution in [3.05, 3.63) is 16.6 Å². The van der Waals surface area contributed by atoms with E-state index in [4.69, 9.17) is 4.74 Å². The quantitative estimate of drug-likeness (QED) is 0.817. The van der Waals surface area contributed by atoms with Crippen LogP contribution in [0.1, 0.15) is 11.4 Å². The summed E-state index contributed by atoms with van der Waals surface area (Å²) >= 11 is 1.73. The Morgan fingerprint density at radius 3 is 3.29 bits per heavy atom. The van der Waals surface area contributed by atoms with Gasteiger partial charge >= 0.3 is 0 Å². The fraction of sp³-hybridized carbons (Fsp3) is 0.700. The van der Waals surface area contributed by atoms with Crippen LogP contribution in [0.3, 0.4) is 0 Å². The minimum absolute atomic E-state index is 0.517. The summed E-state index contributed by atoms with van der Waals surface area (Å²) in [6.45, 7) is 1.82. The third-order valence-corrected chi connectivity index (χ3v) is 3.58. The number of hydrogen-bond donors (Lipinski definition) is 1. The largest absolute Gasteiger partial charge is 0.381 e. The van der Waals surface area contributed by atoms with Gasteiger partial charge in [-0.2, -0.15) is 0 Å². The first-order valence-electron chi connectivity index (χ1n) is 5.03. The Morgan fingerprint density at radius 2 is 2.71 bits per heavy atom. The number of thiazole rings is 1. The zero-order valence-corrected chi connectivity index (χ0v) is 9.22. The molecule has 14 heavy (non-hydrogen) atoms. The van der Waals surface area contributed by atoms with Gasteiger partial charge in [0.05, 0.1) is 11.6 Å². The summed E-state index contributed by atoms with van der Waals surface area (Å²) in [6.07, 6.45) is 4.08. The third-order valence-electron chi connectivity index (χ3n) is 2.78. The summed E-state index contributed by atoms with van der Waals surface area (Å²) in [5, 5.41) is 6.62. The molecule has 0 saturated carbocycles. The first-order chi connectivity index (χ1) is 6.90. The van der Waals surface area contributed by atoms with Gasteiger partial charge in [-0.15, -0.1) is 11.3 Å². The van der Waals surface area contributed by atoms with Crippen LogP contribution in [-0.4, -0.2) is 31.3 Å². The number of aromatic nitrogens is 1. The zero-order chi connectivity index (χ0) is 9.80. The Hall–Kier alpha value is -0.450. The fourth-order valence-electron chi connectivity index (χ4n) is 1.92. The lowest BCUT2D eigenvalue weighted by molar-refractivity contribution is 0.177. The van der Waals surface area contributed by atoms with E-state index < -0.39 is 0 Å². The lowest BCUT2D eigenvalue weighted by atomic mass is 9.97. The molecule has 0 radical (unpaired) electrons. The molecule has 0 aromatic carbocycles. The standard InChI is InChI=1S/C10H16N2OS/c1-11-9(8-2-4-13-7-8)6-10-12-3-5-14-10/h3,5,8-9,11H,2,4,6-7H2,1H3. The van der Waals surface area contributed by atoms with Crippen LogP contribution in [0.25, 0.3) is 0 Å². The lowest BCUT2D eigenvalue weighted by Gasteiger charge is -2.20. The molecule has 3 nitrogen and oxygen atoms in total. The minimum Gasteiger partial charge on any atom is -0.381 e. The predicted octanol–water partition coefficient (Wildman–Crippen LogP) is 1.31. The number of nitrogens with one attached hydrogen (secondary N) is 1. The Morgan fingerprint density at radius 1 is 1.79 bits per heavy atom. The summed E-state index contributed by atoms with van der Waals surface area (Å²) in [6, 6.07) is 0.517. The van der Waals surface area contributed by atoms with Gasteiger partial charge in [0.25, 0.3) is 0 Å². The summed E-state index contributed by atoms with van der Waals surface area (Å²) < 4.78 is 5.40. The topological polar surface area (TPSA) is 34.2 Å². The Kier molecular flexibility index (Phi) is 3.50. The maximum atomic E-state index is 5.40. The van der Waals surface area contributed by atoms with Crippen molar-refractivity contribution in [2.75, 3.05) is 20.3 Å². The van der Waals surface area contributed by atoms with Crippen LogP contribution >= 0.6 is 11.3 Å². The van der Waals surface area contributed by atoms with Crippen LogP contribution in [0.2, 0.25) is 0 Å². The number of ether oxygens (including phenoxy) is 1. The van der Waals surface area contributed by atoms with E-state index in [0.29, 0.717) is 12.0 Å². The normalized spacial score (nSPS) is 23.9. The van der Waals surface area contributed by atoms with Gasteiger partial charge in [0.15, 0.2) is 0 Å². The smallest absolute Gasteiger partial charge is 0.0940 e. The molecule has 0 bridgehead atoms. The maximum absolute atomic E-state index is 5.40. The van der Waals surface area contributed by atoms with Gasteiger partial charge in [-0.05, 0) is 13.5 Å². The van der Waals surface area contributed by atoms with Gasteiger partial charge in [-0.1, -0.05) is 0 Å². The number of rotatable bonds is 4. The lowest BCUT2D eigenvalue weighted by Crippen LogP contribution is -2.35. The highest BCUT2D eigenvalue weighted by atomic mass is 32.1. The van der Waals surface area contributed by atoms with Crippen molar-refractivity contribution in [1.29, 1.82) is 0 Å². The first-order valence-corrected chi connectivity index (χ1v) is 5.91. The second kappa shape index (κ2) is 4.87. The molecule has 1 aliphatic heterocycles. The number of likely N-dealkylation sites (N-methyl/N-ethyl adjacent to an activating group) is 1. The fourth-order valence-corrected chi connectivity index (χ4v) is 2.59. The first kappa shape index (κ1) is 10.1. The van der Waals surface area contributed by atoms with E-state index in [1.165, 1.54) is 11.4 Å². The molecule has 1 fully saturated rings. The van der Waals surface area contributed by atoms with Crippen LogP contribution in [0, 0.1) is 5.92 Å². The molecule has 2 heterocycles. The van der Waals surface area contributed by atoms with Crippen LogP contribution < -0.4 is 5.32 Å². The van der Waals surface area contributed by atoms with Crippen molar-refractivity contribution < 1.29 is 4.74 Å². The molecule has 2 atom stereocenters. The molecule has 0 spiro atoms. The van der Waals surface area contributed by atoms with Crippen LogP contribution in [0.15, 0.2) is 11.6 Å².